The van der Waals surface area contributed by atoms with E-state index in [4.69, 9.17) is 0 Å². The van der Waals surface area contributed by atoms with E-state index in [1.807, 2.05) is 0 Å². The summed E-state index contributed by atoms with van der Waals surface area (Å²) in [5, 5.41) is 3.09. The quantitative estimate of drug-likeness (QED) is 0.817. The summed E-state index contributed by atoms with van der Waals surface area (Å²) >= 11 is 0. The van der Waals surface area contributed by atoms with Gasteiger partial charge in [-0.15, -0.1) is 0 Å². The largest absolute Gasteiger partial charge is 0.368 e. The minimum absolute atomic E-state index is 0.299. The molecule has 1 aromatic heterocycles. The fourth-order valence-corrected chi connectivity index (χ4v) is 3.24. The molecule has 0 unspecified atom stereocenters. The monoisotopic (exact) mass is 293 g/mol. The first-order chi connectivity index (χ1) is 10.2. The first kappa shape index (κ1) is 16.2. The lowest BCUT2D eigenvalue weighted by atomic mass is 9.80. The Kier molecular flexibility index (Phi) is 5.95. The van der Waals surface area contributed by atoms with Gasteiger partial charge >= 0.3 is 0 Å². The van der Waals surface area contributed by atoms with Gasteiger partial charge in [-0.2, -0.15) is 0 Å². The number of hydrogen-bond donors (Lipinski definition) is 1. The van der Waals surface area contributed by atoms with Gasteiger partial charge in [-0.3, -0.25) is 0 Å². The highest BCUT2D eigenvalue weighted by Gasteiger charge is 2.25. The average Bonchev–Trinajstić information content (AvgIpc) is 2.50. The van der Waals surface area contributed by atoms with Crippen molar-refractivity contribution < 1.29 is 4.39 Å². The maximum absolute atomic E-state index is 14.0. The molecule has 1 aromatic rings. The van der Waals surface area contributed by atoms with Crippen LogP contribution in [0.15, 0.2) is 0 Å². The molecule has 0 amide bonds. The Morgan fingerprint density at radius 3 is 2.43 bits per heavy atom. The zero-order chi connectivity index (χ0) is 15.2. The lowest BCUT2D eigenvalue weighted by molar-refractivity contribution is 0.302. The number of rotatable bonds is 6. The molecule has 0 radical (unpaired) electrons. The Balaban J connectivity index is 2.08. The van der Waals surface area contributed by atoms with Crippen molar-refractivity contribution in [2.24, 2.45) is 5.92 Å². The summed E-state index contributed by atoms with van der Waals surface area (Å²) < 4.78 is 14.0. The van der Waals surface area contributed by atoms with Crippen LogP contribution in [0.5, 0.6) is 0 Å². The second kappa shape index (κ2) is 7.71. The van der Waals surface area contributed by atoms with Gasteiger partial charge in [0.2, 0.25) is 0 Å². The van der Waals surface area contributed by atoms with Crippen molar-refractivity contribution in [2.75, 3.05) is 11.9 Å². The highest BCUT2D eigenvalue weighted by Crippen LogP contribution is 2.36. The van der Waals surface area contributed by atoms with Gasteiger partial charge in [0.1, 0.15) is 5.82 Å². The SMILES string of the molecule is CCCNc1nc(C2CCC(CCC)CC2)nc(C)c1F. The summed E-state index contributed by atoms with van der Waals surface area (Å²) in [5.74, 6) is 2.19. The van der Waals surface area contributed by atoms with E-state index >= 15 is 0 Å². The number of hydrogen-bond acceptors (Lipinski definition) is 3. The number of nitrogens with zero attached hydrogens (tertiary/aromatic N) is 2. The third-order valence-electron chi connectivity index (χ3n) is 4.49. The zero-order valence-electron chi connectivity index (χ0n) is 13.6. The van der Waals surface area contributed by atoms with E-state index in [9.17, 15) is 4.39 Å². The highest BCUT2D eigenvalue weighted by atomic mass is 19.1. The van der Waals surface area contributed by atoms with Crippen molar-refractivity contribution in [3.05, 3.63) is 17.3 Å². The minimum atomic E-state index is -0.299. The number of aromatic nitrogens is 2. The fraction of sp³-hybridized carbons (Fsp3) is 0.765. The molecule has 0 atom stereocenters. The summed E-state index contributed by atoms with van der Waals surface area (Å²) in [6, 6.07) is 0. The highest BCUT2D eigenvalue weighted by molar-refractivity contribution is 5.38. The normalized spacial score (nSPS) is 22.3. The predicted molar refractivity (Wildman–Crippen MR) is 85.1 cm³/mol. The van der Waals surface area contributed by atoms with Crippen LogP contribution in [-0.2, 0) is 0 Å². The van der Waals surface area contributed by atoms with E-state index in [-0.39, 0.29) is 5.82 Å². The van der Waals surface area contributed by atoms with Crippen molar-refractivity contribution in [1.82, 2.24) is 9.97 Å². The zero-order valence-corrected chi connectivity index (χ0v) is 13.6. The predicted octanol–water partition coefficient (Wildman–Crippen LogP) is 4.82. The third-order valence-corrected chi connectivity index (χ3v) is 4.49. The van der Waals surface area contributed by atoms with Crippen LogP contribution in [0.3, 0.4) is 0 Å². The molecule has 1 aliphatic rings. The van der Waals surface area contributed by atoms with Crippen LogP contribution in [0.2, 0.25) is 0 Å². The molecular formula is C17H28FN3. The van der Waals surface area contributed by atoms with Gasteiger partial charge in [-0.1, -0.05) is 26.7 Å². The molecule has 2 rings (SSSR count). The van der Waals surface area contributed by atoms with Gasteiger partial charge in [0.15, 0.2) is 11.6 Å². The summed E-state index contributed by atoms with van der Waals surface area (Å²) in [4.78, 5) is 8.88. The van der Waals surface area contributed by atoms with Crippen LogP contribution >= 0.6 is 0 Å². The molecule has 21 heavy (non-hydrogen) atoms. The van der Waals surface area contributed by atoms with Gasteiger partial charge in [0.25, 0.3) is 0 Å². The standard InChI is InChI=1S/C17H28FN3/c1-4-6-13-7-9-14(10-8-13)16-20-12(3)15(18)17(21-16)19-11-5-2/h13-14H,4-11H2,1-3H3,(H,19,20,21). The van der Waals surface area contributed by atoms with Crippen LogP contribution < -0.4 is 5.32 Å². The molecule has 0 bridgehead atoms. The summed E-state index contributed by atoms with van der Waals surface area (Å²) in [5.41, 5.74) is 0.467. The van der Waals surface area contributed by atoms with E-state index in [1.165, 1.54) is 25.7 Å². The molecule has 0 aliphatic heterocycles. The molecule has 0 spiro atoms. The minimum Gasteiger partial charge on any atom is -0.368 e. The molecule has 1 aliphatic carbocycles. The van der Waals surface area contributed by atoms with Crippen LogP contribution in [0, 0.1) is 18.7 Å². The number of aryl methyl sites for hydroxylation is 1. The van der Waals surface area contributed by atoms with Crippen molar-refractivity contribution in [3.8, 4) is 0 Å². The molecule has 0 aromatic carbocycles. The van der Waals surface area contributed by atoms with Gasteiger partial charge in [-0.25, -0.2) is 14.4 Å². The first-order valence-corrected chi connectivity index (χ1v) is 8.43. The van der Waals surface area contributed by atoms with Crippen molar-refractivity contribution in [3.63, 3.8) is 0 Å². The van der Waals surface area contributed by atoms with Crippen molar-refractivity contribution in [2.45, 2.75) is 71.6 Å². The third kappa shape index (κ3) is 4.14. The molecule has 3 nitrogen and oxygen atoms in total. The Morgan fingerprint density at radius 1 is 1.10 bits per heavy atom. The maximum Gasteiger partial charge on any atom is 0.186 e. The fourth-order valence-electron chi connectivity index (χ4n) is 3.24. The Morgan fingerprint density at radius 2 is 1.81 bits per heavy atom. The Bertz CT molecular complexity index is 454. The molecular weight excluding hydrogens is 265 g/mol. The van der Waals surface area contributed by atoms with Gasteiger partial charge in [0.05, 0.1) is 5.69 Å². The second-order valence-corrected chi connectivity index (χ2v) is 6.26. The molecule has 4 heteroatoms. The lowest BCUT2D eigenvalue weighted by Crippen LogP contribution is -2.17. The van der Waals surface area contributed by atoms with Crippen molar-refractivity contribution in [1.29, 1.82) is 0 Å². The van der Waals surface area contributed by atoms with E-state index in [0.29, 0.717) is 17.4 Å². The smallest absolute Gasteiger partial charge is 0.186 e. The summed E-state index contributed by atoms with van der Waals surface area (Å²) in [6.07, 6.45) is 8.36. The van der Waals surface area contributed by atoms with E-state index in [2.05, 4.69) is 29.1 Å². The van der Waals surface area contributed by atoms with Crippen LogP contribution in [0.25, 0.3) is 0 Å². The summed E-state index contributed by atoms with van der Waals surface area (Å²) in [6.45, 7) is 6.80. The first-order valence-electron chi connectivity index (χ1n) is 8.43. The Labute approximate surface area is 127 Å². The van der Waals surface area contributed by atoms with E-state index in [1.54, 1.807) is 6.92 Å². The molecule has 1 heterocycles. The number of nitrogens with one attached hydrogen (secondary N) is 1. The number of anilines is 1. The second-order valence-electron chi connectivity index (χ2n) is 6.26. The molecule has 118 valence electrons. The Hall–Kier alpha value is -1.19. The number of halogens is 1. The topological polar surface area (TPSA) is 37.8 Å². The maximum atomic E-state index is 14.0. The van der Waals surface area contributed by atoms with Gasteiger partial charge < -0.3 is 5.32 Å². The van der Waals surface area contributed by atoms with Crippen LogP contribution in [0.4, 0.5) is 10.2 Å². The van der Waals surface area contributed by atoms with Crippen molar-refractivity contribution >= 4 is 5.82 Å². The lowest BCUT2D eigenvalue weighted by Gasteiger charge is -2.27. The van der Waals surface area contributed by atoms with Gasteiger partial charge in [-0.05, 0) is 44.9 Å². The van der Waals surface area contributed by atoms with Crippen LogP contribution in [-0.4, -0.2) is 16.5 Å². The van der Waals surface area contributed by atoms with E-state index < -0.39 is 0 Å². The van der Waals surface area contributed by atoms with E-state index in [0.717, 1.165) is 37.5 Å². The van der Waals surface area contributed by atoms with Crippen LogP contribution in [0.1, 0.15) is 76.2 Å². The molecule has 0 saturated heterocycles. The molecule has 1 saturated carbocycles. The average molecular weight is 293 g/mol. The molecule has 1 N–H and O–H groups in total. The molecule has 1 fully saturated rings. The summed E-state index contributed by atoms with van der Waals surface area (Å²) in [7, 11) is 0. The van der Waals surface area contributed by atoms with Gasteiger partial charge in [0, 0.05) is 12.5 Å².